The Kier molecular flexibility index (Phi) is 10.2. The van der Waals surface area contributed by atoms with Crippen LogP contribution in [-0.2, 0) is 28.5 Å². The molecular weight excluding hydrogens is 504 g/mol. The van der Waals surface area contributed by atoms with Gasteiger partial charge < -0.3 is 23.7 Å². The summed E-state index contributed by atoms with van der Waals surface area (Å²) in [6.45, 7) is 7.22. The molecule has 230 valence electrons. The van der Waals surface area contributed by atoms with Crippen molar-refractivity contribution in [2.75, 3.05) is 34.2 Å². The molecule has 1 saturated heterocycles. The number of rotatable bonds is 13. The largest absolute Gasteiger partial charge is 0.469 e. The van der Waals surface area contributed by atoms with Crippen LogP contribution >= 0.6 is 0 Å². The Bertz CT molecular complexity index is 825. The second-order valence-electron chi connectivity index (χ2n) is 14.6. The molecule has 0 unspecified atom stereocenters. The van der Waals surface area contributed by atoms with E-state index in [9.17, 15) is 4.79 Å². The zero-order valence-electron chi connectivity index (χ0n) is 26.1. The van der Waals surface area contributed by atoms with Gasteiger partial charge in [0.1, 0.15) is 6.79 Å². The molecule has 1 heterocycles. The zero-order chi connectivity index (χ0) is 28.2. The molecule has 5 rings (SSSR count). The summed E-state index contributed by atoms with van der Waals surface area (Å²) in [5, 5.41) is 0. The van der Waals surface area contributed by atoms with Gasteiger partial charge in [-0.05, 0) is 85.4 Å². The molecule has 6 nitrogen and oxygen atoms in total. The van der Waals surface area contributed by atoms with Crippen molar-refractivity contribution in [2.24, 2.45) is 40.4 Å². The predicted octanol–water partition coefficient (Wildman–Crippen LogP) is 7.67. The van der Waals surface area contributed by atoms with Gasteiger partial charge in [-0.15, -0.1) is 0 Å². The third-order valence-electron chi connectivity index (χ3n) is 12.5. The summed E-state index contributed by atoms with van der Waals surface area (Å²) in [6.07, 6.45) is 20.9. The molecule has 0 aromatic heterocycles. The van der Waals surface area contributed by atoms with Crippen molar-refractivity contribution >= 4 is 5.97 Å². The number of fused-ring (bicyclic) bond motifs is 5. The third-order valence-corrected chi connectivity index (χ3v) is 12.5. The van der Waals surface area contributed by atoms with E-state index in [0.29, 0.717) is 24.7 Å². The summed E-state index contributed by atoms with van der Waals surface area (Å²) >= 11 is 0. The number of methoxy groups -OCH3 is 2. The Morgan fingerprint density at radius 2 is 1.55 bits per heavy atom. The van der Waals surface area contributed by atoms with E-state index in [1.807, 2.05) is 0 Å². The lowest BCUT2D eigenvalue weighted by atomic mass is 9.42. The van der Waals surface area contributed by atoms with Gasteiger partial charge in [-0.1, -0.05) is 58.8 Å². The lowest BCUT2D eigenvalue weighted by Crippen LogP contribution is -2.59. The maximum atomic E-state index is 11.3. The maximum Gasteiger partial charge on any atom is 0.305 e. The van der Waals surface area contributed by atoms with E-state index in [4.69, 9.17) is 23.7 Å². The van der Waals surface area contributed by atoms with E-state index in [1.165, 1.54) is 84.2 Å². The Balaban J connectivity index is 1.22. The van der Waals surface area contributed by atoms with E-state index < -0.39 is 0 Å². The third kappa shape index (κ3) is 6.17. The van der Waals surface area contributed by atoms with Gasteiger partial charge in [0.15, 0.2) is 5.79 Å². The zero-order valence-corrected chi connectivity index (χ0v) is 26.1. The lowest BCUT2D eigenvalue weighted by molar-refractivity contribution is -0.239. The van der Waals surface area contributed by atoms with Gasteiger partial charge in [-0.25, -0.2) is 0 Å². The quantitative estimate of drug-likeness (QED) is 0.130. The fourth-order valence-electron chi connectivity index (χ4n) is 10.7. The summed E-state index contributed by atoms with van der Waals surface area (Å²) in [4.78, 5) is 11.3. The first-order valence-corrected chi connectivity index (χ1v) is 16.8. The number of hydrogen-bond acceptors (Lipinski definition) is 6. The molecule has 6 heteroatoms. The molecule has 5 fully saturated rings. The average Bonchev–Trinajstić information content (AvgIpc) is 3.54. The fraction of sp³-hybridized carbons (Fsp3) is 0.971. The van der Waals surface area contributed by atoms with Crippen LogP contribution in [0.5, 0.6) is 0 Å². The minimum absolute atomic E-state index is 0.0751. The molecule has 0 N–H and O–H groups in total. The van der Waals surface area contributed by atoms with Crippen molar-refractivity contribution in [3.05, 3.63) is 0 Å². The van der Waals surface area contributed by atoms with Gasteiger partial charge in [0.25, 0.3) is 0 Å². The Morgan fingerprint density at radius 3 is 2.27 bits per heavy atom. The number of ether oxygens (including phenoxy) is 5. The second-order valence-corrected chi connectivity index (χ2v) is 14.6. The maximum absolute atomic E-state index is 11.3. The van der Waals surface area contributed by atoms with Crippen LogP contribution in [0.3, 0.4) is 0 Å². The van der Waals surface area contributed by atoms with Crippen LogP contribution in [0.4, 0.5) is 0 Å². The summed E-state index contributed by atoms with van der Waals surface area (Å²) in [6, 6.07) is 0. The summed E-state index contributed by atoms with van der Waals surface area (Å²) < 4.78 is 29.0. The van der Waals surface area contributed by atoms with Crippen molar-refractivity contribution < 1.29 is 28.5 Å². The molecule has 40 heavy (non-hydrogen) atoms. The number of unbranched alkanes of at least 4 members (excludes halogenated alkanes) is 6. The van der Waals surface area contributed by atoms with Gasteiger partial charge in [0.2, 0.25) is 0 Å². The summed E-state index contributed by atoms with van der Waals surface area (Å²) in [5.74, 6) is 3.59. The van der Waals surface area contributed by atoms with Crippen molar-refractivity contribution in [3.63, 3.8) is 0 Å². The monoisotopic (exact) mass is 562 g/mol. The predicted molar refractivity (Wildman–Crippen MR) is 156 cm³/mol. The minimum Gasteiger partial charge on any atom is -0.469 e. The first-order chi connectivity index (χ1) is 19.4. The fourth-order valence-corrected chi connectivity index (χ4v) is 10.7. The molecule has 1 spiro atoms. The summed E-state index contributed by atoms with van der Waals surface area (Å²) in [7, 11) is 3.23. The highest BCUT2D eigenvalue weighted by atomic mass is 16.7. The Hall–Kier alpha value is -0.690. The molecule has 8 atom stereocenters. The normalized spacial score (nSPS) is 40.0. The van der Waals surface area contributed by atoms with Crippen molar-refractivity contribution in [3.8, 4) is 0 Å². The molecule has 4 saturated carbocycles. The van der Waals surface area contributed by atoms with E-state index in [0.717, 1.165) is 68.5 Å². The lowest BCUT2D eigenvalue weighted by Gasteiger charge is -2.64. The number of esters is 1. The molecule has 4 aliphatic carbocycles. The Labute approximate surface area is 243 Å². The highest BCUT2D eigenvalue weighted by molar-refractivity contribution is 5.68. The van der Waals surface area contributed by atoms with Crippen LogP contribution in [0.1, 0.15) is 123 Å². The first kappa shape index (κ1) is 30.8. The highest BCUT2D eigenvalue weighted by Gasteiger charge is 2.64. The molecule has 0 radical (unpaired) electrons. The van der Waals surface area contributed by atoms with Crippen LogP contribution in [0, 0.1) is 40.4 Å². The smallest absolute Gasteiger partial charge is 0.305 e. The van der Waals surface area contributed by atoms with E-state index in [2.05, 4.69) is 13.8 Å². The average molecular weight is 563 g/mol. The molecule has 0 aromatic carbocycles. The minimum atomic E-state index is -0.279. The van der Waals surface area contributed by atoms with Crippen LogP contribution in [0.2, 0.25) is 0 Å². The van der Waals surface area contributed by atoms with Gasteiger partial charge in [-0.2, -0.15) is 0 Å². The van der Waals surface area contributed by atoms with Gasteiger partial charge in [0, 0.05) is 26.4 Å². The van der Waals surface area contributed by atoms with E-state index in [1.54, 1.807) is 7.11 Å². The Morgan fingerprint density at radius 1 is 0.825 bits per heavy atom. The molecule has 0 amide bonds. The van der Waals surface area contributed by atoms with Gasteiger partial charge in [-0.3, -0.25) is 4.79 Å². The van der Waals surface area contributed by atoms with Crippen molar-refractivity contribution in [2.45, 2.75) is 135 Å². The van der Waals surface area contributed by atoms with Crippen LogP contribution < -0.4 is 0 Å². The molecule has 5 aliphatic rings. The van der Waals surface area contributed by atoms with Crippen LogP contribution in [0.15, 0.2) is 0 Å². The number of carbonyl (C=O) groups is 1. The highest BCUT2D eigenvalue weighted by Crippen LogP contribution is 2.69. The molecule has 0 bridgehead atoms. The molecule has 1 aliphatic heterocycles. The van der Waals surface area contributed by atoms with E-state index >= 15 is 0 Å². The van der Waals surface area contributed by atoms with Crippen LogP contribution in [0.25, 0.3) is 0 Å². The van der Waals surface area contributed by atoms with Gasteiger partial charge in [0.05, 0.1) is 26.4 Å². The van der Waals surface area contributed by atoms with E-state index in [-0.39, 0.29) is 17.2 Å². The standard InChI is InChI=1S/C34H58O6/c1-32-18-19-34(39-20-21-40-34)23-26(32)14-15-27-28-16-17-29(38-24-36-3)33(28,2)22-25(31(27)32)12-10-8-6-5-7-9-11-13-30(35)37-4/h25-29,31H,5-24H2,1-4H3/t25-,26-,27-,28-,29-,31-,32-,33-/m0/s1. The number of carbonyl (C=O) groups excluding carboxylic acids is 1. The van der Waals surface area contributed by atoms with Crippen LogP contribution in [-0.4, -0.2) is 52.1 Å². The SMILES string of the molecule is COCO[C@H]1CC[C@H]2[C@@H]3CC[C@H]4CC5(CC[C@]4(C)[C@H]3[C@@H](CCCCCCCCCC(=O)OC)C[C@]12C)OCCO5. The van der Waals surface area contributed by atoms with Crippen molar-refractivity contribution in [1.82, 2.24) is 0 Å². The molecule has 0 aromatic rings. The van der Waals surface area contributed by atoms with Crippen molar-refractivity contribution in [1.29, 1.82) is 0 Å². The molecular formula is C34H58O6. The number of hydrogen-bond donors (Lipinski definition) is 0. The topological polar surface area (TPSA) is 63.2 Å². The second kappa shape index (κ2) is 13.3. The summed E-state index contributed by atoms with van der Waals surface area (Å²) in [5.41, 5.74) is 0.682. The van der Waals surface area contributed by atoms with Gasteiger partial charge >= 0.3 is 5.97 Å². The first-order valence-electron chi connectivity index (χ1n) is 16.8.